The zero-order chi connectivity index (χ0) is 6.43. The summed E-state index contributed by atoms with van der Waals surface area (Å²) in [4.78, 5) is 0. The Balaban J connectivity index is 0.000000500. The molecule has 10 heavy (non-hydrogen) atoms. The predicted molar refractivity (Wildman–Crippen MR) is 39.6 cm³/mol. The molecule has 0 aliphatic heterocycles. The van der Waals surface area contributed by atoms with E-state index in [0.29, 0.717) is 0 Å². The Morgan fingerprint density at radius 1 is 0.900 bits per heavy atom. The molecular formula is C7H6Cl2Ru. The summed E-state index contributed by atoms with van der Waals surface area (Å²) < 4.78 is 0. The monoisotopic (exact) mass is 262 g/mol. The maximum absolute atomic E-state index is 5.85. The van der Waals surface area contributed by atoms with Crippen LogP contribution in [0.25, 0.3) is 0 Å². The van der Waals surface area contributed by atoms with Crippen LogP contribution in [0.2, 0.25) is 0 Å². The summed E-state index contributed by atoms with van der Waals surface area (Å²) in [5.74, 6) is 0. The third-order valence-electron chi connectivity index (χ3n) is 1.97. The fourth-order valence-corrected chi connectivity index (χ4v) is 2.01. The molecule has 0 aromatic rings. The van der Waals surface area contributed by atoms with Gasteiger partial charge in [-0.1, -0.05) is 23.2 Å². The number of halogens is 2. The zero-order valence-corrected chi connectivity index (χ0v) is 8.48. The molecule has 0 saturated heterocycles. The van der Waals surface area contributed by atoms with Crippen molar-refractivity contribution in [1.82, 2.24) is 0 Å². The van der Waals surface area contributed by atoms with Crippen LogP contribution in [-0.2, 0) is 19.5 Å². The Morgan fingerprint density at radius 3 is 1.50 bits per heavy atom. The van der Waals surface area contributed by atoms with E-state index in [1.165, 1.54) is 11.1 Å². The smallest absolute Gasteiger partial charge is 0.0587 e. The molecule has 0 heterocycles. The first-order chi connectivity index (χ1) is 4.29. The second-order valence-electron chi connectivity index (χ2n) is 2.51. The van der Waals surface area contributed by atoms with Crippen LogP contribution in [0.3, 0.4) is 0 Å². The van der Waals surface area contributed by atoms with Crippen LogP contribution in [0, 0.1) is 0 Å². The number of fused-ring (bicyclic) bond motifs is 2. The Kier molecular flexibility index (Phi) is 2.61. The molecule has 0 aromatic heterocycles. The average molecular weight is 262 g/mol. The Labute approximate surface area is 83.0 Å². The third-order valence-corrected chi connectivity index (χ3v) is 2.98. The van der Waals surface area contributed by atoms with Crippen molar-refractivity contribution in [1.29, 1.82) is 0 Å². The maximum atomic E-state index is 5.85. The van der Waals surface area contributed by atoms with Gasteiger partial charge in [-0.15, -0.1) is 0 Å². The van der Waals surface area contributed by atoms with Crippen molar-refractivity contribution in [3.63, 3.8) is 0 Å². The van der Waals surface area contributed by atoms with Crippen molar-refractivity contribution in [3.05, 3.63) is 21.2 Å². The molecule has 3 heteroatoms. The molecule has 0 atom stereocenters. The summed E-state index contributed by atoms with van der Waals surface area (Å²) in [6.45, 7) is 0. The largest absolute Gasteiger partial charge is 0.0828 e. The molecule has 0 radical (unpaired) electrons. The van der Waals surface area contributed by atoms with Gasteiger partial charge in [0, 0.05) is 19.5 Å². The maximum Gasteiger partial charge on any atom is 0.0587 e. The first-order valence-corrected chi connectivity index (χ1v) is 3.80. The van der Waals surface area contributed by atoms with Crippen molar-refractivity contribution in [3.8, 4) is 0 Å². The molecule has 0 amide bonds. The average Bonchev–Trinajstić information content (AvgIpc) is 2.37. The minimum absolute atomic E-state index is 0. The Bertz CT molecular complexity index is 204. The van der Waals surface area contributed by atoms with Gasteiger partial charge in [-0.2, -0.15) is 0 Å². The molecular weight excluding hydrogens is 256 g/mol. The van der Waals surface area contributed by atoms with Crippen LogP contribution >= 0.6 is 23.2 Å². The molecule has 2 bridgehead atoms. The van der Waals surface area contributed by atoms with Crippen molar-refractivity contribution < 1.29 is 19.5 Å². The summed E-state index contributed by atoms with van der Waals surface area (Å²) in [7, 11) is 0. The van der Waals surface area contributed by atoms with Crippen molar-refractivity contribution in [2.75, 3.05) is 0 Å². The van der Waals surface area contributed by atoms with Crippen LogP contribution in [0.4, 0.5) is 0 Å². The van der Waals surface area contributed by atoms with Crippen LogP contribution in [-0.4, -0.2) is 0 Å². The van der Waals surface area contributed by atoms with Crippen LogP contribution in [0.15, 0.2) is 21.2 Å². The Morgan fingerprint density at radius 2 is 1.30 bits per heavy atom. The molecule has 2 aliphatic carbocycles. The van der Waals surface area contributed by atoms with Gasteiger partial charge in [-0.3, -0.25) is 0 Å². The summed E-state index contributed by atoms with van der Waals surface area (Å²) in [5.41, 5.74) is 2.69. The molecule has 2 rings (SSSR count). The molecule has 2 aliphatic rings. The minimum Gasteiger partial charge on any atom is -0.0828 e. The predicted octanol–water partition coefficient (Wildman–Crippen LogP) is 3.17. The first-order valence-electron chi connectivity index (χ1n) is 3.04. The van der Waals surface area contributed by atoms with Crippen molar-refractivity contribution in [2.24, 2.45) is 0 Å². The number of rotatable bonds is 0. The standard InChI is InChI=1S/C7H6Cl2.Ru/c8-6-4-1-2-5(3-4)7(6)9;/h1-3H2;. The molecule has 56 valence electrons. The fourth-order valence-electron chi connectivity index (χ4n) is 1.42. The van der Waals surface area contributed by atoms with E-state index in [0.717, 1.165) is 29.3 Å². The van der Waals surface area contributed by atoms with Gasteiger partial charge in [0.2, 0.25) is 0 Å². The van der Waals surface area contributed by atoms with Gasteiger partial charge < -0.3 is 0 Å². The van der Waals surface area contributed by atoms with E-state index in [1.807, 2.05) is 0 Å². The van der Waals surface area contributed by atoms with Gasteiger partial charge in [0.25, 0.3) is 0 Å². The van der Waals surface area contributed by atoms with Gasteiger partial charge in [-0.05, 0) is 30.4 Å². The second kappa shape index (κ2) is 2.97. The molecule has 1 saturated carbocycles. The van der Waals surface area contributed by atoms with E-state index >= 15 is 0 Å². The number of allylic oxidation sites excluding steroid dienone is 4. The molecule has 0 unspecified atom stereocenters. The molecule has 0 spiro atoms. The number of hydrogen-bond donors (Lipinski definition) is 0. The summed E-state index contributed by atoms with van der Waals surface area (Å²) in [6.07, 6.45) is 3.34. The van der Waals surface area contributed by atoms with E-state index in [-0.39, 0.29) is 19.5 Å². The molecule has 0 nitrogen and oxygen atoms in total. The first kappa shape index (κ1) is 8.78. The summed E-state index contributed by atoms with van der Waals surface area (Å²) in [6, 6.07) is 0. The van der Waals surface area contributed by atoms with Crippen LogP contribution < -0.4 is 0 Å². The van der Waals surface area contributed by atoms with Gasteiger partial charge in [0.15, 0.2) is 0 Å². The van der Waals surface area contributed by atoms with E-state index in [2.05, 4.69) is 0 Å². The van der Waals surface area contributed by atoms with Gasteiger partial charge in [-0.25, -0.2) is 0 Å². The third kappa shape index (κ3) is 1.09. The number of hydrogen-bond acceptors (Lipinski definition) is 0. The SMILES string of the molecule is ClC1=C2CCC(=C1Cl)C2.[Ru]. The van der Waals surface area contributed by atoms with Crippen LogP contribution in [0.1, 0.15) is 19.3 Å². The topological polar surface area (TPSA) is 0 Å². The normalized spacial score (nSPS) is 22.2. The Hall–Kier alpha value is 0.683. The second-order valence-corrected chi connectivity index (χ2v) is 3.27. The zero-order valence-electron chi connectivity index (χ0n) is 5.23. The minimum atomic E-state index is 0. The van der Waals surface area contributed by atoms with Gasteiger partial charge >= 0.3 is 0 Å². The molecule has 0 N–H and O–H groups in total. The van der Waals surface area contributed by atoms with Crippen LogP contribution in [0.5, 0.6) is 0 Å². The van der Waals surface area contributed by atoms with Crippen molar-refractivity contribution >= 4 is 23.2 Å². The van der Waals surface area contributed by atoms with E-state index in [9.17, 15) is 0 Å². The molecule has 0 aromatic carbocycles. The van der Waals surface area contributed by atoms with Gasteiger partial charge in [0.1, 0.15) is 0 Å². The summed E-state index contributed by atoms with van der Waals surface area (Å²) in [5, 5.41) is 1.66. The fraction of sp³-hybridized carbons (Fsp3) is 0.429. The van der Waals surface area contributed by atoms with E-state index in [1.54, 1.807) is 0 Å². The van der Waals surface area contributed by atoms with E-state index < -0.39 is 0 Å². The van der Waals surface area contributed by atoms with Crippen molar-refractivity contribution in [2.45, 2.75) is 19.3 Å². The van der Waals surface area contributed by atoms with Gasteiger partial charge in [0.05, 0.1) is 10.1 Å². The molecule has 1 fully saturated rings. The van der Waals surface area contributed by atoms with E-state index in [4.69, 9.17) is 23.2 Å². The quantitative estimate of drug-likeness (QED) is 0.588. The summed E-state index contributed by atoms with van der Waals surface area (Å²) >= 11 is 11.7.